The van der Waals surface area contributed by atoms with Crippen molar-refractivity contribution in [2.45, 2.75) is 19.4 Å². The summed E-state index contributed by atoms with van der Waals surface area (Å²) < 4.78 is 5.38. The molecular formula is C12H24N4O3S. The van der Waals surface area contributed by atoms with Gasteiger partial charge in [0.05, 0.1) is 11.7 Å². The van der Waals surface area contributed by atoms with E-state index in [4.69, 9.17) is 4.74 Å². The lowest BCUT2D eigenvalue weighted by molar-refractivity contribution is -0.485. The molecule has 0 aromatic rings. The molecule has 0 aliphatic carbocycles. The zero-order valence-electron chi connectivity index (χ0n) is 12.6. The smallest absolute Gasteiger partial charge is 0.237 e. The molecule has 0 aromatic carbocycles. The van der Waals surface area contributed by atoms with Gasteiger partial charge in [0.25, 0.3) is 0 Å². The van der Waals surface area contributed by atoms with Crippen LogP contribution in [-0.4, -0.2) is 72.7 Å². The molecule has 1 fully saturated rings. The van der Waals surface area contributed by atoms with E-state index in [9.17, 15) is 10.1 Å². The number of rotatable bonds is 6. The molecule has 8 heteroatoms. The van der Waals surface area contributed by atoms with Crippen LogP contribution in [0.5, 0.6) is 0 Å². The predicted octanol–water partition coefficient (Wildman–Crippen LogP) is 1.19. The molecule has 1 aliphatic heterocycles. The van der Waals surface area contributed by atoms with Gasteiger partial charge in [-0.3, -0.25) is 0 Å². The van der Waals surface area contributed by atoms with Crippen LogP contribution in [0, 0.1) is 16.0 Å². The van der Waals surface area contributed by atoms with Crippen LogP contribution in [0.25, 0.3) is 0 Å². The van der Waals surface area contributed by atoms with E-state index in [-0.39, 0.29) is 6.04 Å². The Kier molecular flexibility index (Phi) is 7.25. The van der Waals surface area contributed by atoms with Gasteiger partial charge in [-0.15, -0.1) is 0 Å². The molecule has 1 rings (SSSR count). The molecule has 2 atom stereocenters. The molecule has 1 heterocycles. The zero-order valence-corrected chi connectivity index (χ0v) is 13.4. The summed E-state index contributed by atoms with van der Waals surface area (Å²) in [6.07, 6.45) is 2.92. The number of nitrogens with zero attached hydrogens (tertiary/aromatic N) is 4. The summed E-state index contributed by atoms with van der Waals surface area (Å²) in [6.45, 7) is 5.59. The number of hydrogen-bond acceptors (Lipinski definition) is 5. The lowest BCUT2D eigenvalue weighted by Crippen LogP contribution is -2.42. The molecule has 2 unspecified atom stereocenters. The number of amidine groups is 1. The van der Waals surface area contributed by atoms with E-state index in [0.29, 0.717) is 11.1 Å². The van der Waals surface area contributed by atoms with Crippen molar-refractivity contribution >= 4 is 16.9 Å². The lowest BCUT2D eigenvalue weighted by Gasteiger charge is -2.30. The average molecular weight is 304 g/mol. The average Bonchev–Trinajstić information content (AvgIpc) is 2.87. The van der Waals surface area contributed by atoms with Gasteiger partial charge < -0.3 is 14.5 Å². The second-order valence-electron chi connectivity index (χ2n) is 5.24. The Balaban J connectivity index is 2.46. The van der Waals surface area contributed by atoms with Crippen LogP contribution in [0.2, 0.25) is 0 Å². The van der Waals surface area contributed by atoms with E-state index < -0.39 is 5.03 Å². The highest BCUT2D eigenvalue weighted by atomic mass is 32.2. The lowest BCUT2D eigenvalue weighted by atomic mass is 10.1. The topological polar surface area (TPSA) is 71.2 Å². The van der Waals surface area contributed by atoms with Gasteiger partial charge >= 0.3 is 0 Å². The fourth-order valence-corrected chi connectivity index (χ4v) is 2.95. The van der Waals surface area contributed by atoms with E-state index >= 15 is 0 Å². The molecular weight excluding hydrogens is 280 g/mol. The van der Waals surface area contributed by atoms with Crippen LogP contribution in [0.1, 0.15) is 13.3 Å². The molecule has 7 nitrogen and oxygen atoms in total. The molecule has 0 spiro atoms. The van der Waals surface area contributed by atoms with Gasteiger partial charge in [0.15, 0.2) is 5.03 Å². The highest BCUT2D eigenvalue weighted by Gasteiger charge is 2.21. The maximum Gasteiger partial charge on any atom is 0.237 e. The van der Waals surface area contributed by atoms with Gasteiger partial charge in [-0.05, 0) is 32.6 Å². The van der Waals surface area contributed by atoms with Crippen molar-refractivity contribution in [3.05, 3.63) is 10.1 Å². The van der Waals surface area contributed by atoms with Gasteiger partial charge in [-0.2, -0.15) is 0 Å². The predicted molar refractivity (Wildman–Crippen MR) is 81.6 cm³/mol. The Hall–Kier alpha value is -0.860. The zero-order chi connectivity index (χ0) is 15.1. The van der Waals surface area contributed by atoms with Crippen LogP contribution in [0.15, 0.2) is 5.10 Å². The van der Waals surface area contributed by atoms with Crippen LogP contribution >= 0.6 is 11.8 Å². The molecule has 0 N–H and O–H groups in total. The molecule has 0 bridgehead atoms. The second-order valence-corrected chi connectivity index (χ2v) is 6.01. The van der Waals surface area contributed by atoms with Crippen LogP contribution < -0.4 is 0 Å². The summed E-state index contributed by atoms with van der Waals surface area (Å²) in [4.78, 5) is 14.6. The third-order valence-corrected chi connectivity index (χ3v) is 4.22. The maximum atomic E-state index is 10.5. The second kappa shape index (κ2) is 8.43. The van der Waals surface area contributed by atoms with Crippen LogP contribution in [0.3, 0.4) is 0 Å². The summed E-state index contributed by atoms with van der Waals surface area (Å²) >= 11 is 1.29. The van der Waals surface area contributed by atoms with Crippen molar-refractivity contribution in [1.82, 2.24) is 9.80 Å². The Bertz CT molecular complexity index is 348. The van der Waals surface area contributed by atoms with E-state index in [2.05, 4.69) is 17.0 Å². The minimum atomic E-state index is -0.644. The first-order chi connectivity index (χ1) is 9.43. The largest absolute Gasteiger partial charge is 0.381 e. The van der Waals surface area contributed by atoms with E-state index in [1.54, 1.807) is 6.26 Å². The van der Waals surface area contributed by atoms with Crippen molar-refractivity contribution < 1.29 is 9.77 Å². The van der Waals surface area contributed by atoms with E-state index in [0.717, 1.165) is 32.7 Å². The number of ether oxygens (including phenoxy) is 1. The number of hydrazone groups is 1. The van der Waals surface area contributed by atoms with Gasteiger partial charge in [0, 0.05) is 32.8 Å². The highest BCUT2D eigenvalue weighted by Crippen LogP contribution is 2.14. The molecule has 1 saturated heterocycles. The molecule has 1 aliphatic rings. The highest BCUT2D eigenvalue weighted by molar-refractivity contribution is 8.13. The monoisotopic (exact) mass is 304 g/mol. The first-order valence-electron chi connectivity index (χ1n) is 6.70. The maximum absolute atomic E-state index is 10.5. The van der Waals surface area contributed by atoms with Crippen LogP contribution in [-0.2, 0) is 4.74 Å². The minimum Gasteiger partial charge on any atom is -0.381 e. The van der Waals surface area contributed by atoms with Crippen molar-refractivity contribution in [1.29, 1.82) is 0 Å². The molecule has 0 aromatic heterocycles. The normalized spacial score (nSPS) is 21.2. The molecule has 0 amide bonds. The number of hydrogen-bond donors (Lipinski definition) is 0. The summed E-state index contributed by atoms with van der Waals surface area (Å²) in [7, 11) is 3.92. The Morgan fingerprint density at radius 1 is 1.60 bits per heavy atom. The van der Waals surface area contributed by atoms with E-state index in [1.807, 2.05) is 18.9 Å². The SMILES string of the molecule is CSC(=N[N+](=O)[O-])N(C)C(C)CN(C)CC1CCOC1. The van der Waals surface area contributed by atoms with Gasteiger partial charge in [-0.25, -0.2) is 10.1 Å². The van der Waals surface area contributed by atoms with Crippen molar-refractivity contribution in [2.75, 3.05) is 46.7 Å². The molecule has 20 heavy (non-hydrogen) atoms. The van der Waals surface area contributed by atoms with Crippen molar-refractivity contribution in [3.8, 4) is 0 Å². The van der Waals surface area contributed by atoms with Gasteiger partial charge in [0.2, 0.25) is 5.17 Å². The number of nitro groups is 1. The Labute approximate surface area is 124 Å². The first-order valence-corrected chi connectivity index (χ1v) is 7.92. The Morgan fingerprint density at radius 2 is 2.30 bits per heavy atom. The summed E-state index contributed by atoms with van der Waals surface area (Å²) in [6, 6.07) is 0.161. The third kappa shape index (κ3) is 5.64. The number of likely N-dealkylation sites (N-methyl/N-ethyl adjacent to an activating group) is 2. The van der Waals surface area contributed by atoms with Crippen molar-refractivity contribution in [2.24, 2.45) is 11.0 Å². The third-order valence-electron chi connectivity index (χ3n) is 3.48. The van der Waals surface area contributed by atoms with Crippen LogP contribution in [0.4, 0.5) is 0 Å². The fraction of sp³-hybridized carbons (Fsp3) is 0.917. The molecule has 116 valence electrons. The minimum absolute atomic E-state index is 0.161. The summed E-state index contributed by atoms with van der Waals surface area (Å²) in [5.74, 6) is 0.602. The first kappa shape index (κ1) is 17.2. The summed E-state index contributed by atoms with van der Waals surface area (Å²) in [5.41, 5.74) is 0. The Morgan fingerprint density at radius 3 is 2.80 bits per heavy atom. The van der Waals surface area contributed by atoms with E-state index in [1.165, 1.54) is 11.8 Å². The number of thioether (sulfide) groups is 1. The quantitative estimate of drug-likeness (QED) is 0.318. The standard InChI is InChI=1S/C12H24N4O3S/c1-10(15(3)12(20-4)13-16(17)18)7-14(2)8-11-5-6-19-9-11/h10-11H,5-9H2,1-4H3. The van der Waals surface area contributed by atoms with Crippen molar-refractivity contribution in [3.63, 3.8) is 0 Å². The van der Waals surface area contributed by atoms with Gasteiger partial charge in [0.1, 0.15) is 0 Å². The van der Waals surface area contributed by atoms with Gasteiger partial charge in [-0.1, -0.05) is 11.8 Å². The molecule has 0 saturated carbocycles. The fourth-order valence-electron chi connectivity index (χ4n) is 2.33. The molecule has 0 radical (unpaired) electrons. The summed E-state index contributed by atoms with van der Waals surface area (Å²) in [5, 5.41) is 13.7.